The number of carbonyl (C=O) groups is 1. The summed E-state index contributed by atoms with van der Waals surface area (Å²) in [6, 6.07) is 16.2. The van der Waals surface area contributed by atoms with Crippen molar-refractivity contribution >= 4 is 34.2 Å². The fourth-order valence-corrected chi connectivity index (χ4v) is 5.74. The number of hydrogen-bond donors (Lipinski definition) is 1. The summed E-state index contributed by atoms with van der Waals surface area (Å²) < 4.78 is 6.14. The number of hydrogen-bond acceptors (Lipinski definition) is 4. The molecule has 2 aliphatic heterocycles. The molecular weight excluding hydrogens is 484 g/mol. The van der Waals surface area contributed by atoms with Gasteiger partial charge >= 0.3 is 0 Å². The predicted octanol–water partition coefficient (Wildman–Crippen LogP) is 6.10. The van der Waals surface area contributed by atoms with E-state index in [1.807, 2.05) is 18.2 Å². The Kier molecular flexibility index (Phi) is 6.45. The molecule has 2 aromatic carbocycles. The molecule has 2 aromatic heterocycles. The van der Waals surface area contributed by atoms with Crippen molar-refractivity contribution in [2.75, 3.05) is 37.7 Å². The van der Waals surface area contributed by atoms with Crippen molar-refractivity contribution in [2.45, 2.75) is 19.3 Å². The number of nitrogens with one attached hydrogen (secondary N) is 1. The lowest BCUT2D eigenvalue weighted by Crippen LogP contribution is -2.26. The Morgan fingerprint density at radius 3 is 2.81 bits per heavy atom. The van der Waals surface area contributed by atoms with Crippen molar-refractivity contribution in [3.8, 4) is 28.1 Å². The number of rotatable bonds is 7. The number of pyridine rings is 1. The van der Waals surface area contributed by atoms with Crippen LogP contribution in [0.4, 0.5) is 5.69 Å². The molecule has 6 rings (SSSR count). The van der Waals surface area contributed by atoms with Crippen LogP contribution >= 0.6 is 11.6 Å². The Hall–Kier alpha value is -3.61. The number of halogens is 1. The zero-order valence-corrected chi connectivity index (χ0v) is 21.4. The topological polar surface area (TPSA) is 61.5 Å². The van der Waals surface area contributed by atoms with Crippen molar-refractivity contribution in [3.63, 3.8) is 0 Å². The van der Waals surface area contributed by atoms with Crippen LogP contribution < -0.4 is 9.64 Å². The van der Waals surface area contributed by atoms with E-state index in [2.05, 4.69) is 51.8 Å². The maximum atomic E-state index is 12.5. The molecule has 0 bridgehead atoms. The second kappa shape index (κ2) is 10.0. The summed E-state index contributed by atoms with van der Waals surface area (Å²) in [7, 11) is 0. The van der Waals surface area contributed by atoms with Gasteiger partial charge in [0.05, 0.1) is 10.7 Å². The van der Waals surface area contributed by atoms with Gasteiger partial charge in [-0.15, -0.1) is 0 Å². The Bertz CT molecular complexity index is 1490. The van der Waals surface area contributed by atoms with Crippen molar-refractivity contribution in [1.82, 2.24) is 14.9 Å². The summed E-state index contributed by atoms with van der Waals surface area (Å²) >= 11 is 6.73. The van der Waals surface area contributed by atoms with Crippen LogP contribution in [-0.2, 0) is 11.2 Å². The average Bonchev–Trinajstić information content (AvgIpc) is 3.67. The number of aromatic nitrogens is 2. The van der Waals surface area contributed by atoms with Crippen molar-refractivity contribution in [3.05, 3.63) is 78.0 Å². The van der Waals surface area contributed by atoms with Crippen LogP contribution in [0.1, 0.15) is 18.4 Å². The van der Waals surface area contributed by atoms with Crippen molar-refractivity contribution in [1.29, 1.82) is 0 Å². The van der Waals surface area contributed by atoms with Gasteiger partial charge in [-0.25, -0.2) is 4.98 Å². The highest BCUT2D eigenvalue weighted by Gasteiger charge is 2.25. The van der Waals surface area contributed by atoms with Gasteiger partial charge in [-0.05, 0) is 73.8 Å². The number of anilines is 1. The minimum Gasteiger partial charge on any atom is -0.492 e. The van der Waals surface area contributed by atoms with E-state index in [-0.39, 0.29) is 5.91 Å². The molecule has 0 spiro atoms. The Labute approximate surface area is 221 Å². The number of ether oxygens (including phenoxy) is 1. The zero-order chi connectivity index (χ0) is 25.4. The van der Waals surface area contributed by atoms with E-state index < -0.39 is 0 Å². The highest BCUT2D eigenvalue weighted by Crippen LogP contribution is 2.43. The molecule has 1 fully saturated rings. The van der Waals surface area contributed by atoms with Gasteiger partial charge in [0.15, 0.2) is 0 Å². The third kappa shape index (κ3) is 4.52. The number of fused-ring (bicyclic) bond motifs is 2. The van der Waals surface area contributed by atoms with Gasteiger partial charge in [0.25, 0.3) is 0 Å². The third-order valence-corrected chi connectivity index (χ3v) is 7.67. The molecule has 0 atom stereocenters. The highest BCUT2D eigenvalue weighted by molar-refractivity contribution is 6.36. The number of nitrogens with zero attached hydrogens (tertiary/aromatic N) is 3. The lowest BCUT2D eigenvalue weighted by atomic mass is 9.97. The van der Waals surface area contributed by atoms with Crippen molar-refractivity contribution in [2.24, 2.45) is 0 Å². The largest absolute Gasteiger partial charge is 0.492 e. The Morgan fingerprint density at radius 1 is 1.11 bits per heavy atom. The van der Waals surface area contributed by atoms with Gasteiger partial charge < -0.3 is 14.6 Å². The molecule has 188 valence electrons. The van der Waals surface area contributed by atoms with Gasteiger partial charge in [-0.1, -0.05) is 42.4 Å². The predicted molar refractivity (Wildman–Crippen MR) is 149 cm³/mol. The number of aromatic amines is 1. The summed E-state index contributed by atoms with van der Waals surface area (Å²) in [4.78, 5) is 24.8. The van der Waals surface area contributed by atoms with Gasteiger partial charge in [0, 0.05) is 41.5 Å². The van der Waals surface area contributed by atoms with Crippen LogP contribution in [0.25, 0.3) is 33.4 Å². The van der Waals surface area contributed by atoms with Crippen LogP contribution in [0.3, 0.4) is 0 Å². The normalized spacial score (nSPS) is 15.3. The van der Waals surface area contributed by atoms with Crippen LogP contribution in [0, 0.1) is 0 Å². The maximum absolute atomic E-state index is 12.5. The first kappa shape index (κ1) is 23.8. The molecule has 7 heteroatoms. The van der Waals surface area contributed by atoms with E-state index in [0.717, 1.165) is 76.5 Å². The quantitative estimate of drug-likeness (QED) is 0.304. The minimum atomic E-state index is -0.0893. The molecular formula is C30H29ClN4O2. The molecule has 4 aromatic rings. The SMILES string of the molecule is C=CC(=O)N1CCc2ccc(-c3c(-c4cccc(OCCN5CCCC5)c4)[nH]c4nccc(Cl)c34)cc21. The molecule has 1 saturated heterocycles. The summed E-state index contributed by atoms with van der Waals surface area (Å²) in [6.07, 6.45) is 6.46. The Morgan fingerprint density at radius 2 is 1.97 bits per heavy atom. The number of carbonyl (C=O) groups excluding carboxylic acids is 1. The second-order valence-electron chi connectivity index (χ2n) is 9.60. The van der Waals surface area contributed by atoms with Gasteiger partial charge in [-0.3, -0.25) is 9.69 Å². The molecule has 0 saturated carbocycles. The van der Waals surface area contributed by atoms with E-state index in [4.69, 9.17) is 16.3 Å². The molecule has 4 heterocycles. The smallest absolute Gasteiger partial charge is 0.250 e. The fraction of sp³-hybridized carbons (Fsp3) is 0.267. The lowest BCUT2D eigenvalue weighted by Gasteiger charge is -2.17. The molecule has 6 nitrogen and oxygen atoms in total. The van der Waals surface area contributed by atoms with E-state index in [1.54, 1.807) is 11.1 Å². The van der Waals surface area contributed by atoms with Gasteiger partial charge in [0.1, 0.15) is 18.0 Å². The van der Waals surface area contributed by atoms with E-state index in [0.29, 0.717) is 18.2 Å². The summed E-state index contributed by atoms with van der Waals surface area (Å²) in [6.45, 7) is 8.25. The molecule has 37 heavy (non-hydrogen) atoms. The summed E-state index contributed by atoms with van der Waals surface area (Å²) in [5, 5.41) is 1.49. The van der Waals surface area contributed by atoms with Gasteiger partial charge in [0.2, 0.25) is 5.91 Å². The number of H-pyrrole nitrogens is 1. The lowest BCUT2D eigenvalue weighted by molar-refractivity contribution is -0.114. The van der Waals surface area contributed by atoms with E-state index in [9.17, 15) is 4.79 Å². The van der Waals surface area contributed by atoms with Crippen LogP contribution in [0.5, 0.6) is 5.75 Å². The van der Waals surface area contributed by atoms with Crippen molar-refractivity contribution < 1.29 is 9.53 Å². The number of amides is 1. The van der Waals surface area contributed by atoms with E-state index >= 15 is 0 Å². The molecule has 1 amide bonds. The fourth-order valence-electron chi connectivity index (χ4n) is 5.50. The first-order valence-corrected chi connectivity index (χ1v) is 13.2. The maximum Gasteiger partial charge on any atom is 0.250 e. The average molecular weight is 513 g/mol. The number of benzene rings is 2. The summed E-state index contributed by atoms with van der Waals surface area (Å²) in [5.74, 6) is 0.741. The standard InChI is InChI=1S/C30H29ClN4O2/c1-2-26(36)35-15-11-20-8-9-21(19-25(20)35)27-28-24(31)10-12-32-30(28)33-29(27)22-6-5-7-23(18-22)37-17-16-34-13-3-4-14-34/h2,5-10,12,18-19H,1,3-4,11,13-17H2,(H,32,33). The monoisotopic (exact) mass is 512 g/mol. The first-order chi connectivity index (χ1) is 18.1. The van der Waals surface area contributed by atoms with Crippen LogP contribution in [0.2, 0.25) is 5.02 Å². The van der Waals surface area contributed by atoms with E-state index in [1.165, 1.54) is 18.9 Å². The first-order valence-electron chi connectivity index (χ1n) is 12.8. The van der Waals surface area contributed by atoms with Gasteiger partial charge in [-0.2, -0.15) is 0 Å². The molecule has 2 aliphatic rings. The second-order valence-corrected chi connectivity index (χ2v) is 10.0. The zero-order valence-electron chi connectivity index (χ0n) is 20.7. The highest BCUT2D eigenvalue weighted by atomic mass is 35.5. The molecule has 1 N–H and O–H groups in total. The van der Waals surface area contributed by atoms with Crippen LogP contribution in [0.15, 0.2) is 67.4 Å². The Balaban J connectivity index is 1.40. The number of likely N-dealkylation sites (tertiary alicyclic amines) is 1. The molecule has 0 radical (unpaired) electrons. The summed E-state index contributed by atoms with van der Waals surface area (Å²) in [5.41, 5.74) is 6.63. The molecule has 0 aliphatic carbocycles. The minimum absolute atomic E-state index is 0.0893. The third-order valence-electron chi connectivity index (χ3n) is 7.35. The van der Waals surface area contributed by atoms with Crippen LogP contribution in [-0.4, -0.2) is 53.6 Å². The molecule has 0 unspecified atom stereocenters.